The van der Waals surface area contributed by atoms with Crippen molar-refractivity contribution < 1.29 is 13.2 Å². The average Bonchev–Trinajstić information content (AvgIpc) is 2.43. The quantitative estimate of drug-likeness (QED) is 0.623. The molecule has 1 N–H and O–H groups in total. The van der Waals surface area contributed by atoms with Gasteiger partial charge in [0.05, 0.1) is 11.9 Å². The van der Waals surface area contributed by atoms with Crippen molar-refractivity contribution in [2.75, 3.05) is 38.5 Å². The van der Waals surface area contributed by atoms with Gasteiger partial charge in [-0.2, -0.15) is 4.31 Å². The molecule has 1 fully saturated rings. The third-order valence-corrected chi connectivity index (χ3v) is 5.49. The minimum Gasteiger partial charge on any atom is -0.377 e. The molecule has 0 aromatic carbocycles. The highest BCUT2D eigenvalue weighted by Crippen LogP contribution is 2.17. The highest BCUT2D eigenvalue weighted by molar-refractivity contribution is 7.89. The maximum atomic E-state index is 12.3. The number of piperidine rings is 1. The van der Waals surface area contributed by atoms with Crippen molar-refractivity contribution >= 4 is 10.0 Å². The van der Waals surface area contributed by atoms with Crippen molar-refractivity contribution in [3.8, 4) is 0 Å². The Balaban J connectivity index is 2.28. The van der Waals surface area contributed by atoms with Crippen LogP contribution in [0.25, 0.3) is 0 Å². The van der Waals surface area contributed by atoms with E-state index in [4.69, 9.17) is 4.74 Å². The van der Waals surface area contributed by atoms with Crippen LogP contribution >= 0.6 is 0 Å². The highest BCUT2D eigenvalue weighted by Gasteiger charge is 2.28. The van der Waals surface area contributed by atoms with E-state index in [1.165, 1.54) is 0 Å². The first kappa shape index (κ1) is 17.9. The lowest BCUT2D eigenvalue weighted by Gasteiger charge is -2.31. The molecule has 6 heteroatoms. The predicted octanol–water partition coefficient (Wildman–Crippen LogP) is 1.60. The molecule has 0 amide bonds. The molecule has 1 aliphatic rings. The van der Waals surface area contributed by atoms with Crippen LogP contribution < -0.4 is 5.32 Å². The SMILES string of the molecule is CCCNCCCCS(=O)(=O)N1CCCC(OCC)C1. The minimum atomic E-state index is -3.10. The Morgan fingerprint density at radius 2 is 2.05 bits per heavy atom. The van der Waals surface area contributed by atoms with Crippen LogP contribution in [-0.2, 0) is 14.8 Å². The maximum absolute atomic E-state index is 12.3. The Kier molecular flexibility index (Phi) is 8.68. The molecule has 20 heavy (non-hydrogen) atoms. The molecule has 0 aliphatic carbocycles. The van der Waals surface area contributed by atoms with Gasteiger partial charge in [-0.05, 0) is 52.1 Å². The number of nitrogens with one attached hydrogen (secondary N) is 1. The van der Waals surface area contributed by atoms with Gasteiger partial charge < -0.3 is 10.1 Å². The fourth-order valence-electron chi connectivity index (χ4n) is 2.49. The molecule has 0 radical (unpaired) electrons. The molecule has 1 unspecified atom stereocenters. The lowest BCUT2D eigenvalue weighted by atomic mass is 10.1. The van der Waals surface area contributed by atoms with Crippen molar-refractivity contribution in [3.63, 3.8) is 0 Å². The number of nitrogens with zero attached hydrogens (tertiary/aromatic N) is 1. The minimum absolute atomic E-state index is 0.0785. The second kappa shape index (κ2) is 9.71. The van der Waals surface area contributed by atoms with E-state index in [-0.39, 0.29) is 11.9 Å². The number of hydrogen-bond donors (Lipinski definition) is 1. The van der Waals surface area contributed by atoms with Gasteiger partial charge in [-0.15, -0.1) is 0 Å². The monoisotopic (exact) mass is 306 g/mol. The number of sulfonamides is 1. The topological polar surface area (TPSA) is 58.6 Å². The third-order valence-electron chi connectivity index (χ3n) is 3.57. The second-order valence-electron chi connectivity index (χ2n) is 5.35. The predicted molar refractivity (Wildman–Crippen MR) is 82.4 cm³/mol. The molecule has 1 heterocycles. The Labute approximate surface area is 124 Å². The van der Waals surface area contributed by atoms with Crippen LogP contribution in [0.15, 0.2) is 0 Å². The second-order valence-corrected chi connectivity index (χ2v) is 7.44. The third kappa shape index (κ3) is 6.52. The summed E-state index contributed by atoms with van der Waals surface area (Å²) in [5.74, 6) is 0.264. The summed E-state index contributed by atoms with van der Waals surface area (Å²) in [4.78, 5) is 0. The summed E-state index contributed by atoms with van der Waals surface area (Å²) in [5.41, 5.74) is 0. The van der Waals surface area contributed by atoms with Crippen LogP contribution in [0.1, 0.15) is 46.0 Å². The maximum Gasteiger partial charge on any atom is 0.214 e. The largest absolute Gasteiger partial charge is 0.377 e. The lowest BCUT2D eigenvalue weighted by molar-refractivity contribution is 0.0265. The molecule has 0 spiro atoms. The van der Waals surface area contributed by atoms with E-state index < -0.39 is 10.0 Å². The van der Waals surface area contributed by atoms with Crippen LogP contribution in [0.4, 0.5) is 0 Å². The summed E-state index contributed by atoms with van der Waals surface area (Å²) in [6.07, 6.45) is 4.72. The fraction of sp³-hybridized carbons (Fsp3) is 1.00. The molecule has 1 aliphatic heterocycles. The van der Waals surface area contributed by atoms with Crippen molar-refractivity contribution in [3.05, 3.63) is 0 Å². The van der Waals surface area contributed by atoms with Gasteiger partial charge in [0.1, 0.15) is 0 Å². The van der Waals surface area contributed by atoms with Crippen LogP contribution in [0, 0.1) is 0 Å². The molecule has 1 rings (SSSR count). The number of ether oxygens (including phenoxy) is 1. The lowest BCUT2D eigenvalue weighted by Crippen LogP contribution is -2.44. The van der Waals surface area contributed by atoms with Crippen molar-refractivity contribution in [1.82, 2.24) is 9.62 Å². The van der Waals surface area contributed by atoms with Gasteiger partial charge in [-0.25, -0.2) is 8.42 Å². The molecular weight excluding hydrogens is 276 g/mol. The smallest absolute Gasteiger partial charge is 0.214 e. The average molecular weight is 306 g/mol. The molecule has 0 aromatic rings. The van der Waals surface area contributed by atoms with E-state index in [2.05, 4.69) is 12.2 Å². The van der Waals surface area contributed by atoms with Gasteiger partial charge in [0.15, 0.2) is 0 Å². The van der Waals surface area contributed by atoms with E-state index in [9.17, 15) is 8.42 Å². The Morgan fingerprint density at radius 3 is 2.75 bits per heavy atom. The summed E-state index contributed by atoms with van der Waals surface area (Å²) in [6, 6.07) is 0. The van der Waals surface area contributed by atoms with E-state index in [1.54, 1.807) is 4.31 Å². The summed E-state index contributed by atoms with van der Waals surface area (Å²) in [6.45, 7) is 7.84. The van der Waals surface area contributed by atoms with Gasteiger partial charge >= 0.3 is 0 Å². The van der Waals surface area contributed by atoms with E-state index in [0.717, 1.165) is 45.2 Å². The summed E-state index contributed by atoms with van der Waals surface area (Å²) in [5, 5.41) is 3.30. The summed E-state index contributed by atoms with van der Waals surface area (Å²) < 4.78 is 31.7. The van der Waals surface area contributed by atoms with E-state index in [0.29, 0.717) is 19.7 Å². The van der Waals surface area contributed by atoms with Gasteiger partial charge in [0.2, 0.25) is 10.0 Å². The molecule has 1 saturated heterocycles. The van der Waals surface area contributed by atoms with Crippen molar-refractivity contribution in [1.29, 1.82) is 0 Å². The molecule has 1 atom stereocenters. The number of rotatable bonds is 10. The van der Waals surface area contributed by atoms with Gasteiger partial charge in [0.25, 0.3) is 0 Å². The fourth-order valence-corrected chi connectivity index (χ4v) is 4.12. The Hall–Kier alpha value is -0.170. The highest BCUT2D eigenvalue weighted by atomic mass is 32.2. The first-order valence-corrected chi connectivity index (χ1v) is 9.51. The van der Waals surface area contributed by atoms with E-state index >= 15 is 0 Å². The first-order valence-electron chi connectivity index (χ1n) is 7.90. The zero-order chi connectivity index (χ0) is 14.8. The molecule has 120 valence electrons. The van der Waals surface area contributed by atoms with Gasteiger partial charge in [0, 0.05) is 19.7 Å². The van der Waals surface area contributed by atoms with Crippen LogP contribution in [-0.4, -0.2) is 57.4 Å². The Morgan fingerprint density at radius 1 is 1.25 bits per heavy atom. The molecule has 0 bridgehead atoms. The van der Waals surface area contributed by atoms with Gasteiger partial charge in [-0.1, -0.05) is 6.92 Å². The first-order chi connectivity index (χ1) is 9.60. The van der Waals surface area contributed by atoms with Crippen molar-refractivity contribution in [2.24, 2.45) is 0 Å². The standard InChI is InChI=1S/C14H30N2O3S/c1-3-9-15-10-5-6-12-20(17,18)16-11-7-8-14(13-16)19-4-2/h14-15H,3-13H2,1-2H3. The number of hydrogen-bond acceptors (Lipinski definition) is 4. The zero-order valence-electron chi connectivity index (χ0n) is 12.9. The molecule has 0 saturated carbocycles. The van der Waals surface area contributed by atoms with Crippen molar-refractivity contribution in [2.45, 2.75) is 52.1 Å². The summed E-state index contributed by atoms with van der Waals surface area (Å²) in [7, 11) is -3.10. The zero-order valence-corrected chi connectivity index (χ0v) is 13.8. The van der Waals surface area contributed by atoms with Crippen LogP contribution in [0.2, 0.25) is 0 Å². The number of unbranched alkanes of at least 4 members (excludes halogenated alkanes) is 1. The molecule has 0 aromatic heterocycles. The normalized spacial score (nSPS) is 21.2. The Bertz CT molecular complexity index is 344. The molecule has 5 nitrogen and oxygen atoms in total. The van der Waals surface area contributed by atoms with Gasteiger partial charge in [-0.3, -0.25) is 0 Å². The molecular formula is C14H30N2O3S. The summed E-state index contributed by atoms with van der Waals surface area (Å²) >= 11 is 0. The van der Waals surface area contributed by atoms with Crippen LogP contribution in [0.3, 0.4) is 0 Å². The van der Waals surface area contributed by atoms with Crippen LogP contribution in [0.5, 0.6) is 0 Å². The van der Waals surface area contributed by atoms with E-state index in [1.807, 2.05) is 6.92 Å².